The number of likely N-dealkylation sites (tertiary alicyclic amines) is 1. The Morgan fingerprint density at radius 1 is 1.11 bits per heavy atom. The number of carbonyl (C=O) groups is 2. The zero-order valence-corrected chi connectivity index (χ0v) is 11.2. The van der Waals surface area contributed by atoms with E-state index in [1.807, 2.05) is 0 Å². The summed E-state index contributed by atoms with van der Waals surface area (Å²) in [5, 5.41) is 10.3. The van der Waals surface area contributed by atoms with Gasteiger partial charge >= 0.3 is 0 Å². The van der Waals surface area contributed by atoms with Crippen LogP contribution in [0.1, 0.15) is 44.9 Å². The second-order valence-electron chi connectivity index (χ2n) is 6.46. The van der Waals surface area contributed by atoms with Crippen molar-refractivity contribution in [2.75, 3.05) is 19.8 Å². The molecule has 2 heterocycles. The molecular weight excluding hydrogens is 246 g/mol. The lowest BCUT2D eigenvalue weighted by Gasteiger charge is -2.39. The molecule has 3 fully saturated rings. The van der Waals surface area contributed by atoms with Crippen molar-refractivity contribution in [2.45, 2.75) is 50.5 Å². The molecule has 19 heavy (non-hydrogen) atoms. The number of aliphatic hydroxyl groups is 1. The van der Waals surface area contributed by atoms with Crippen LogP contribution in [0.5, 0.6) is 0 Å². The number of imide groups is 1. The van der Waals surface area contributed by atoms with Gasteiger partial charge in [-0.1, -0.05) is 12.8 Å². The first kappa shape index (κ1) is 13.1. The molecule has 0 radical (unpaired) electrons. The number of hydrogen-bond acceptors (Lipinski definition) is 4. The van der Waals surface area contributed by atoms with Gasteiger partial charge in [0.1, 0.15) is 5.60 Å². The third-order valence-electron chi connectivity index (χ3n) is 4.85. The normalized spacial score (nSPS) is 34.5. The summed E-state index contributed by atoms with van der Waals surface area (Å²) in [5.74, 6) is -0.225. The smallest absolute Gasteiger partial charge is 0.229 e. The van der Waals surface area contributed by atoms with Gasteiger partial charge in [-0.25, -0.2) is 0 Å². The highest BCUT2D eigenvalue weighted by Gasteiger charge is 2.47. The van der Waals surface area contributed by atoms with Gasteiger partial charge in [-0.3, -0.25) is 14.5 Å². The topological polar surface area (TPSA) is 66.8 Å². The molecule has 3 rings (SSSR count). The molecule has 2 aliphatic heterocycles. The first-order chi connectivity index (χ1) is 9.02. The van der Waals surface area contributed by atoms with E-state index in [0.29, 0.717) is 25.9 Å². The summed E-state index contributed by atoms with van der Waals surface area (Å²) >= 11 is 0. The van der Waals surface area contributed by atoms with E-state index in [9.17, 15) is 14.7 Å². The predicted octanol–water partition coefficient (Wildman–Crippen LogP) is 0.847. The molecule has 1 unspecified atom stereocenters. The molecule has 2 saturated heterocycles. The van der Waals surface area contributed by atoms with Crippen molar-refractivity contribution in [3.05, 3.63) is 0 Å². The number of ether oxygens (including phenoxy) is 1. The van der Waals surface area contributed by atoms with Gasteiger partial charge in [0.15, 0.2) is 0 Å². The minimum absolute atomic E-state index is 0.0700. The second-order valence-corrected chi connectivity index (χ2v) is 6.46. The average molecular weight is 267 g/mol. The summed E-state index contributed by atoms with van der Waals surface area (Å²) in [6.07, 6.45) is 5.66. The van der Waals surface area contributed by atoms with Crippen LogP contribution < -0.4 is 0 Å². The predicted molar refractivity (Wildman–Crippen MR) is 67.2 cm³/mol. The third kappa shape index (κ3) is 2.41. The molecule has 1 atom stereocenters. The van der Waals surface area contributed by atoms with Gasteiger partial charge in [-0.15, -0.1) is 0 Å². The maximum Gasteiger partial charge on any atom is 0.229 e. The molecule has 0 aromatic rings. The van der Waals surface area contributed by atoms with Gasteiger partial charge < -0.3 is 9.84 Å². The quantitative estimate of drug-likeness (QED) is 0.753. The second kappa shape index (κ2) is 4.56. The van der Waals surface area contributed by atoms with Crippen LogP contribution in [-0.2, 0) is 14.3 Å². The van der Waals surface area contributed by atoms with Crippen LogP contribution in [0.2, 0.25) is 0 Å². The summed E-state index contributed by atoms with van der Waals surface area (Å²) < 4.78 is 5.17. The fourth-order valence-electron chi connectivity index (χ4n) is 3.70. The Balaban J connectivity index is 1.70. The lowest BCUT2D eigenvalue weighted by Crippen LogP contribution is -2.53. The lowest BCUT2D eigenvalue weighted by atomic mass is 9.76. The first-order valence-electron chi connectivity index (χ1n) is 7.15. The zero-order chi connectivity index (χ0) is 13.5. The molecule has 5 heteroatoms. The van der Waals surface area contributed by atoms with Crippen molar-refractivity contribution in [1.29, 1.82) is 0 Å². The highest BCUT2D eigenvalue weighted by atomic mass is 16.5. The fourth-order valence-corrected chi connectivity index (χ4v) is 3.70. The molecule has 1 N–H and O–H groups in total. The van der Waals surface area contributed by atoms with Gasteiger partial charge in [0, 0.05) is 25.9 Å². The molecule has 5 nitrogen and oxygen atoms in total. The van der Waals surface area contributed by atoms with Crippen molar-refractivity contribution < 1.29 is 19.4 Å². The summed E-state index contributed by atoms with van der Waals surface area (Å²) in [6, 6.07) is 0. The third-order valence-corrected chi connectivity index (χ3v) is 4.85. The Morgan fingerprint density at radius 3 is 2.26 bits per heavy atom. The van der Waals surface area contributed by atoms with Gasteiger partial charge in [0.2, 0.25) is 11.8 Å². The van der Waals surface area contributed by atoms with Crippen LogP contribution in [0, 0.1) is 5.41 Å². The largest absolute Gasteiger partial charge is 0.386 e. The standard InChI is InChI=1S/C14H21NO4/c16-11-7-13(3-1-2-4-13)8-12(17)15(11)9-14(18)5-6-19-10-14/h18H,1-10H2. The molecule has 106 valence electrons. The van der Waals surface area contributed by atoms with Crippen LogP contribution in [0.25, 0.3) is 0 Å². The van der Waals surface area contributed by atoms with E-state index in [4.69, 9.17) is 4.74 Å². The van der Waals surface area contributed by atoms with Gasteiger partial charge in [0.25, 0.3) is 0 Å². The van der Waals surface area contributed by atoms with E-state index in [0.717, 1.165) is 25.7 Å². The molecule has 0 bridgehead atoms. The van der Waals surface area contributed by atoms with E-state index in [1.54, 1.807) is 0 Å². The SMILES string of the molecule is O=C1CC2(CCCC2)CC(=O)N1CC1(O)CCOC1. The van der Waals surface area contributed by atoms with Gasteiger partial charge in [0.05, 0.1) is 13.2 Å². The molecular formula is C14H21NO4. The minimum atomic E-state index is -1.04. The van der Waals surface area contributed by atoms with Crippen LogP contribution in [-0.4, -0.2) is 47.2 Å². The number of nitrogens with zero attached hydrogens (tertiary/aromatic N) is 1. The Morgan fingerprint density at radius 2 is 1.74 bits per heavy atom. The molecule has 2 amide bonds. The number of rotatable bonds is 2. The van der Waals surface area contributed by atoms with E-state index < -0.39 is 5.60 Å². The van der Waals surface area contributed by atoms with Crippen molar-refractivity contribution in [3.8, 4) is 0 Å². The number of β-amino-alcohol motifs (C(OH)–C–C–N with tert-alkyl or cyclic N) is 1. The minimum Gasteiger partial charge on any atom is -0.386 e. The summed E-state index contributed by atoms with van der Waals surface area (Å²) in [4.78, 5) is 25.8. The zero-order valence-electron chi connectivity index (χ0n) is 11.2. The van der Waals surface area contributed by atoms with E-state index in [-0.39, 0.29) is 30.4 Å². The number of hydrogen-bond donors (Lipinski definition) is 1. The van der Waals surface area contributed by atoms with E-state index >= 15 is 0 Å². The van der Waals surface area contributed by atoms with E-state index in [2.05, 4.69) is 0 Å². The fraction of sp³-hybridized carbons (Fsp3) is 0.857. The molecule has 1 saturated carbocycles. The number of amides is 2. The highest BCUT2D eigenvalue weighted by molar-refractivity contribution is 5.98. The Bertz CT molecular complexity index is 374. The molecule has 1 aliphatic carbocycles. The van der Waals surface area contributed by atoms with E-state index in [1.165, 1.54) is 4.90 Å². The molecule has 0 aromatic carbocycles. The van der Waals surface area contributed by atoms with Crippen molar-refractivity contribution in [3.63, 3.8) is 0 Å². The molecule has 0 aromatic heterocycles. The Kier molecular flexibility index (Phi) is 3.14. The van der Waals surface area contributed by atoms with Gasteiger partial charge in [-0.05, 0) is 18.3 Å². The van der Waals surface area contributed by atoms with Crippen molar-refractivity contribution in [1.82, 2.24) is 4.90 Å². The number of carbonyl (C=O) groups excluding carboxylic acids is 2. The Labute approximate surface area is 112 Å². The molecule has 3 aliphatic rings. The summed E-state index contributed by atoms with van der Waals surface area (Å²) in [5.41, 5.74) is -1.11. The lowest BCUT2D eigenvalue weighted by molar-refractivity contribution is -0.157. The average Bonchev–Trinajstić information content (AvgIpc) is 2.95. The first-order valence-corrected chi connectivity index (χ1v) is 7.15. The van der Waals surface area contributed by atoms with Crippen LogP contribution in [0.4, 0.5) is 0 Å². The summed E-state index contributed by atoms with van der Waals surface area (Å²) in [6.45, 7) is 0.812. The van der Waals surface area contributed by atoms with Crippen LogP contribution in [0.3, 0.4) is 0 Å². The highest BCUT2D eigenvalue weighted by Crippen LogP contribution is 2.47. The van der Waals surface area contributed by atoms with Crippen molar-refractivity contribution in [2.24, 2.45) is 5.41 Å². The number of piperidine rings is 1. The maximum absolute atomic E-state index is 12.2. The Hall–Kier alpha value is -0.940. The van der Waals surface area contributed by atoms with Gasteiger partial charge in [-0.2, -0.15) is 0 Å². The van der Waals surface area contributed by atoms with Crippen LogP contribution in [0.15, 0.2) is 0 Å². The monoisotopic (exact) mass is 267 g/mol. The van der Waals surface area contributed by atoms with Crippen molar-refractivity contribution >= 4 is 11.8 Å². The summed E-state index contributed by atoms with van der Waals surface area (Å²) in [7, 11) is 0. The molecule has 1 spiro atoms. The maximum atomic E-state index is 12.2. The van der Waals surface area contributed by atoms with Crippen LogP contribution >= 0.6 is 0 Å².